The van der Waals surface area contributed by atoms with Crippen LogP contribution in [-0.2, 0) is 26.2 Å². The van der Waals surface area contributed by atoms with E-state index < -0.39 is 28.5 Å². The number of halogens is 1. The van der Waals surface area contributed by atoms with Crippen LogP contribution < -0.4 is 9.62 Å². The molecule has 1 atom stereocenters. The quantitative estimate of drug-likeness (QED) is 0.498. The summed E-state index contributed by atoms with van der Waals surface area (Å²) in [6.07, 6.45) is 1.07. The Balaban J connectivity index is 2.36. The second kappa shape index (κ2) is 11.7. The Morgan fingerprint density at radius 2 is 1.58 bits per heavy atom. The van der Waals surface area contributed by atoms with Crippen LogP contribution in [-0.4, -0.2) is 50.5 Å². The number of hydrogen-bond acceptors (Lipinski definition) is 4. The fourth-order valence-corrected chi connectivity index (χ4v) is 4.44. The first-order valence-electron chi connectivity index (χ1n) is 10.8. The van der Waals surface area contributed by atoms with E-state index in [1.165, 1.54) is 4.90 Å². The summed E-state index contributed by atoms with van der Waals surface area (Å²) in [4.78, 5) is 27.4. The van der Waals surface area contributed by atoms with Gasteiger partial charge in [-0.1, -0.05) is 54.0 Å². The fourth-order valence-electron chi connectivity index (χ4n) is 3.33. The Morgan fingerprint density at radius 1 is 1.00 bits per heavy atom. The zero-order valence-corrected chi connectivity index (χ0v) is 22.1. The highest BCUT2D eigenvalue weighted by molar-refractivity contribution is 9.10. The number of benzene rings is 2. The first-order valence-corrected chi connectivity index (χ1v) is 13.5. The topological polar surface area (TPSA) is 86.8 Å². The van der Waals surface area contributed by atoms with Crippen LogP contribution in [0.15, 0.2) is 53.0 Å². The molecule has 0 aliphatic rings. The minimum atomic E-state index is -3.74. The monoisotopic (exact) mass is 537 g/mol. The average molecular weight is 539 g/mol. The molecule has 33 heavy (non-hydrogen) atoms. The summed E-state index contributed by atoms with van der Waals surface area (Å²) in [6, 6.07) is 13.8. The van der Waals surface area contributed by atoms with Gasteiger partial charge in [0, 0.05) is 17.6 Å². The van der Waals surface area contributed by atoms with Gasteiger partial charge in [0.25, 0.3) is 0 Å². The van der Waals surface area contributed by atoms with Gasteiger partial charge in [0.1, 0.15) is 12.6 Å². The maximum atomic E-state index is 13.4. The number of hydrogen-bond donors (Lipinski definition) is 1. The van der Waals surface area contributed by atoms with E-state index >= 15 is 0 Å². The number of sulfonamides is 1. The lowest BCUT2D eigenvalue weighted by atomic mass is 10.0. The number of nitrogens with zero attached hydrogens (tertiary/aromatic N) is 2. The maximum Gasteiger partial charge on any atom is 0.244 e. The number of carbonyl (C=O) groups excluding carboxylic acids is 2. The summed E-state index contributed by atoms with van der Waals surface area (Å²) in [6.45, 7) is 7.75. The molecular formula is C24H32BrN3O4S. The van der Waals surface area contributed by atoms with Gasteiger partial charge in [0.05, 0.1) is 11.9 Å². The number of rotatable bonds is 10. The summed E-state index contributed by atoms with van der Waals surface area (Å²) in [5.41, 5.74) is 2.31. The van der Waals surface area contributed by atoms with E-state index in [9.17, 15) is 18.0 Å². The molecule has 0 fully saturated rings. The lowest BCUT2D eigenvalue weighted by Gasteiger charge is -2.31. The molecule has 0 saturated heterocycles. The predicted octanol–water partition coefficient (Wildman–Crippen LogP) is 3.89. The molecule has 0 aliphatic carbocycles. The lowest BCUT2D eigenvalue weighted by Crippen LogP contribution is -2.51. The molecular weight excluding hydrogens is 506 g/mol. The molecule has 1 N–H and O–H groups in total. The van der Waals surface area contributed by atoms with E-state index in [0.29, 0.717) is 18.2 Å². The Hall–Kier alpha value is -2.39. The second-order valence-electron chi connectivity index (χ2n) is 8.23. The van der Waals surface area contributed by atoms with Crippen LogP contribution >= 0.6 is 15.9 Å². The number of nitrogens with one attached hydrogen (secondary N) is 1. The molecule has 2 aromatic carbocycles. The lowest BCUT2D eigenvalue weighted by molar-refractivity contribution is -0.139. The summed E-state index contributed by atoms with van der Waals surface area (Å²) >= 11 is 3.39. The third-order valence-corrected chi connectivity index (χ3v) is 6.98. The normalized spacial score (nSPS) is 12.3. The van der Waals surface area contributed by atoms with Crippen LogP contribution in [0.1, 0.15) is 44.7 Å². The zero-order valence-electron chi connectivity index (χ0n) is 19.7. The molecule has 2 amide bonds. The number of carbonyl (C=O) groups is 2. The largest absolute Gasteiger partial charge is 0.355 e. The number of amides is 2. The molecule has 0 radical (unpaired) electrons. The Morgan fingerprint density at radius 3 is 2.06 bits per heavy atom. The molecule has 9 heteroatoms. The smallest absolute Gasteiger partial charge is 0.244 e. The fraction of sp³-hybridized carbons (Fsp3) is 0.417. The van der Waals surface area contributed by atoms with E-state index in [4.69, 9.17) is 0 Å². The Kier molecular flexibility index (Phi) is 9.48. The van der Waals surface area contributed by atoms with Crippen molar-refractivity contribution in [3.05, 3.63) is 64.1 Å². The minimum absolute atomic E-state index is 0.175. The van der Waals surface area contributed by atoms with Gasteiger partial charge in [-0.3, -0.25) is 13.9 Å². The second-order valence-corrected chi connectivity index (χ2v) is 11.1. The van der Waals surface area contributed by atoms with Crippen molar-refractivity contribution < 1.29 is 18.0 Å². The Bertz CT molecular complexity index is 1050. The van der Waals surface area contributed by atoms with Crippen molar-refractivity contribution in [1.29, 1.82) is 0 Å². The summed E-state index contributed by atoms with van der Waals surface area (Å²) in [5, 5.41) is 2.74. The van der Waals surface area contributed by atoms with Crippen molar-refractivity contribution in [3.8, 4) is 0 Å². The minimum Gasteiger partial charge on any atom is -0.355 e. The molecule has 0 saturated carbocycles. The Labute approximate surface area is 205 Å². The van der Waals surface area contributed by atoms with Gasteiger partial charge in [0.2, 0.25) is 21.8 Å². The van der Waals surface area contributed by atoms with Gasteiger partial charge in [0.15, 0.2) is 0 Å². The van der Waals surface area contributed by atoms with Gasteiger partial charge >= 0.3 is 0 Å². The van der Waals surface area contributed by atoms with Gasteiger partial charge in [-0.05, 0) is 55.2 Å². The third kappa shape index (κ3) is 7.57. The van der Waals surface area contributed by atoms with Crippen molar-refractivity contribution >= 4 is 43.5 Å². The summed E-state index contributed by atoms with van der Waals surface area (Å²) in [5.74, 6) is -0.461. The van der Waals surface area contributed by atoms with Crippen LogP contribution in [0.25, 0.3) is 0 Å². The molecule has 0 bridgehead atoms. The van der Waals surface area contributed by atoms with Crippen LogP contribution in [0.2, 0.25) is 0 Å². The summed E-state index contributed by atoms with van der Waals surface area (Å²) < 4.78 is 27.1. The third-order valence-electron chi connectivity index (χ3n) is 5.31. The van der Waals surface area contributed by atoms with E-state index in [0.717, 1.165) is 26.2 Å². The van der Waals surface area contributed by atoms with Crippen LogP contribution in [0.3, 0.4) is 0 Å². The van der Waals surface area contributed by atoms with Crippen molar-refractivity contribution in [3.63, 3.8) is 0 Å². The molecule has 7 nitrogen and oxygen atoms in total. The van der Waals surface area contributed by atoms with E-state index in [2.05, 4.69) is 35.1 Å². The predicted molar refractivity (Wildman–Crippen MR) is 136 cm³/mol. The number of anilines is 1. The van der Waals surface area contributed by atoms with Gasteiger partial charge in [-0.15, -0.1) is 0 Å². The first kappa shape index (κ1) is 26.9. The molecule has 2 rings (SSSR count). The van der Waals surface area contributed by atoms with E-state index in [1.807, 2.05) is 36.4 Å². The van der Waals surface area contributed by atoms with E-state index in [1.54, 1.807) is 26.0 Å². The van der Waals surface area contributed by atoms with Gasteiger partial charge in [-0.25, -0.2) is 8.42 Å². The average Bonchev–Trinajstić information content (AvgIpc) is 2.76. The molecule has 0 aliphatic heterocycles. The van der Waals surface area contributed by atoms with Gasteiger partial charge < -0.3 is 10.2 Å². The highest BCUT2D eigenvalue weighted by Crippen LogP contribution is 2.23. The van der Waals surface area contributed by atoms with Crippen molar-refractivity contribution in [2.45, 2.75) is 46.2 Å². The van der Waals surface area contributed by atoms with Crippen LogP contribution in [0, 0.1) is 0 Å². The van der Waals surface area contributed by atoms with Crippen molar-refractivity contribution in [2.75, 3.05) is 23.7 Å². The first-order chi connectivity index (χ1) is 15.4. The van der Waals surface area contributed by atoms with Gasteiger partial charge in [-0.2, -0.15) is 0 Å². The molecule has 0 spiro atoms. The zero-order chi connectivity index (χ0) is 24.8. The van der Waals surface area contributed by atoms with Crippen molar-refractivity contribution in [1.82, 2.24) is 10.2 Å². The highest BCUT2D eigenvalue weighted by atomic mass is 79.9. The highest BCUT2D eigenvalue weighted by Gasteiger charge is 2.29. The number of likely N-dealkylation sites (N-methyl/N-ethyl adjacent to an activating group) is 1. The molecule has 180 valence electrons. The molecule has 0 aromatic heterocycles. The molecule has 0 heterocycles. The standard InChI is InChI=1S/C24H32BrN3O4S/c1-6-26-24(30)18(4)27(15-19-7-11-21(25)12-8-19)23(29)16-28(33(5,31)32)22-13-9-20(10-14-22)17(2)3/h7-14,17-18H,6,15-16H2,1-5H3,(H,26,30)/t18-/m1/s1. The molecule has 0 unspecified atom stereocenters. The van der Waals surface area contributed by atoms with Crippen LogP contribution in [0.4, 0.5) is 5.69 Å². The van der Waals surface area contributed by atoms with E-state index in [-0.39, 0.29) is 12.5 Å². The summed E-state index contributed by atoms with van der Waals surface area (Å²) in [7, 11) is -3.74. The van der Waals surface area contributed by atoms with Crippen molar-refractivity contribution in [2.24, 2.45) is 0 Å². The van der Waals surface area contributed by atoms with Crippen LogP contribution in [0.5, 0.6) is 0 Å². The SMILES string of the molecule is CCNC(=O)[C@@H](C)N(Cc1ccc(Br)cc1)C(=O)CN(c1ccc(C(C)C)cc1)S(C)(=O)=O. The molecule has 2 aromatic rings. The maximum absolute atomic E-state index is 13.4.